The number of benzene rings is 2. The minimum atomic E-state index is -0.111. The average Bonchev–Trinajstić information content (AvgIpc) is 2.55. The fourth-order valence-electron chi connectivity index (χ4n) is 2.04. The Hall–Kier alpha value is -2.24. The van der Waals surface area contributed by atoms with Gasteiger partial charge in [0, 0.05) is 5.56 Å². The summed E-state index contributed by atoms with van der Waals surface area (Å²) in [6, 6.07) is 18.2. The molecule has 0 radical (unpaired) electrons. The molecule has 2 rings (SSSR count). The second-order valence-electron chi connectivity index (χ2n) is 4.78. The van der Waals surface area contributed by atoms with Crippen LogP contribution in [0.25, 0.3) is 0 Å². The molecule has 108 valence electrons. The molecule has 21 heavy (non-hydrogen) atoms. The van der Waals surface area contributed by atoms with E-state index in [1.165, 1.54) is 5.56 Å². The predicted molar refractivity (Wildman–Crippen MR) is 85.3 cm³/mol. The number of rotatable bonds is 6. The fraction of sp³-hybridized carbons (Fsp3) is 0.263. The second-order valence-corrected chi connectivity index (χ2v) is 4.78. The van der Waals surface area contributed by atoms with E-state index in [2.05, 4.69) is 36.1 Å². The average molecular weight is 280 g/mol. The summed E-state index contributed by atoms with van der Waals surface area (Å²) < 4.78 is 5.71. The SMILES string of the molecule is OCC#Cc1ccc(OCCCCc2ccccc2)cc1. The lowest BCUT2D eigenvalue weighted by Crippen LogP contribution is -1.98. The zero-order chi connectivity index (χ0) is 14.8. The summed E-state index contributed by atoms with van der Waals surface area (Å²) in [6.07, 6.45) is 3.27. The lowest BCUT2D eigenvalue weighted by Gasteiger charge is -2.06. The van der Waals surface area contributed by atoms with E-state index in [9.17, 15) is 0 Å². The van der Waals surface area contributed by atoms with Crippen LogP contribution >= 0.6 is 0 Å². The Labute approximate surface area is 126 Å². The molecular formula is C19H20O2. The molecule has 0 aromatic heterocycles. The highest BCUT2D eigenvalue weighted by Gasteiger charge is 1.95. The molecule has 0 bridgehead atoms. The topological polar surface area (TPSA) is 29.5 Å². The van der Waals surface area contributed by atoms with Gasteiger partial charge in [-0.15, -0.1) is 0 Å². The Balaban J connectivity index is 1.66. The number of hydrogen-bond donors (Lipinski definition) is 1. The van der Waals surface area contributed by atoms with Crippen molar-refractivity contribution in [2.24, 2.45) is 0 Å². The van der Waals surface area contributed by atoms with E-state index in [0.29, 0.717) is 0 Å². The van der Waals surface area contributed by atoms with Gasteiger partial charge in [0.05, 0.1) is 6.61 Å². The third-order valence-corrected chi connectivity index (χ3v) is 3.14. The first-order chi connectivity index (χ1) is 10.4. The Morgan fingerprint density at radius 2 is 1.67 bits per heavy atom. The van der Waals surface area contributed by atoms with Gasteiger partial charge in [0.25, 0.3) is 0 Å². The van der Waals surface area contributed by atoms with Crippen molar-refractivity contribution in [2.45, 2.75) is 19.3 Å². The Kier molecular flexibility index (Phi) is 6.38. The van der Waals surface area contributed by atoms with Crippen molar-refractivity contribution in [1.82, 2.24) is 0 Å². The van der Waals surface area contributed by atoms with Gasteiger partial charge in [0.1, 0.15) is 12.4 Å². The van der Waals surface area contributed by atoms with Crippen molar-refractivity contribution in [2.75, 3.05) is 13.2 Å². The first-order valence-electron chi connectivity index (χ1n) is 7.25. The number of aryl methyl sites for hydroxylation is 1. The van der Waals surface area contributed by atoms with Crippen LogP contribution in [0.5, 0.6) is 5.75 Å². The maximum atomic E-state index is 8.63. The lowest BCUT2D eigenvalue weighted by atomic mass is 10.1. The highest BCUT2D eigenvalue weighted by atomic mass is 16.5. The van der Waals surface area contributed by atoms with Crippen molar-refractivity contribution in [3.8, 4) is 17.6 Å². The van der Waals surface area contributed by atoms with Crippen molar-refractivity contribution in [3.63, 3.8) is 0 Å². The summed E-state index contributed by atoms with van der Waals surface area (Å²) >= 11 is 0. The smallest absolute Gasteiger partial charge is 0.119 e. The van der Waals surface area contributed by atoms with E-state index in [-0.39, 0.29) is 6.61 Å². The lowest BCUT2D eigenvalue weighted by molar-refractivity contribution is 0.307. The minimum Gasteiger partial charge on any atom is -0.494 e. The molecule has 2 nitrogen and oxygen atoms in total. The number of hydrogen-bond acceptors (Lipinski definition) is 2. The zero-order valence-corrected chi connectivity index (χ0v) is 12.1. The monoisotopic (exact) mass is 280 g/mol. The Morgan fingerprint density at radius 1 is 0.905 bits per heavy atom. The van der Waals surface area contributed by atoms with Gasteiger partial charge in [-0.3, -0.25) is 0 Å². The minimum absolute atomic E-state index is 0.111. The number of aliphatic hydroxyl groups excluding tert-OH is 1. The summed E-state index contributed by atoms with van der Waals surface area (Å²) in [5, 5.41) is 8.63. The first-order valence-corrected chi connectivity index (χ1v) is 7.25. The molecule has 0 saturated heterocycles. The molecular weight excluding hydrogens is 260 g/mol. The highest BCUT2D eigenvalue weighted by Crippen LogP contribution is 2.12. The van der Waals surface area contributed by atoms with Gasteiger partial charge in [0.15, 0.2) is 0 Å². The van der Waals surface area contributed by atoms with Crippen LogP contribution in [0.15, 0.2) is 54.6 Å². The van der Waals surface area contributed by atoms with E-state index in [4.69, 9.17) is 9.84 Å². The summed E-state index contributed by atoms with van der Waals surface area (Å²) in [6.45, 7) is 0.619. The molecule has 0 amide bonds. The number of unbranched alkanes of at least 4 members (excludes halogenated alkanes) is 1. The van der Waals surface area contributed by atoms with Crippen LogP contribution in [0.1, 0.15) is 24.0 Å². The fourth-order valence-corrected chi connectivity index (χ4v) is 2.04. The van der Waals surface area contributed by atoms with Crippen LogP contribution in [0.4, 0.5) is 0 Å². The van der Waals surface area contributed by atoms with E-state index >= 15 is 0 Å². The normalized spacial score (nSPS) is 9.76. The molecule has 2 heteroatoms. The highest BCUT2D eigenvalue weighted by molar-refractivity contribution is 5.38. The number of ether oxygens (including phenoxy) is 1. The van der Waals surface area contributed by atoms with Crippen molar-refractivity contribution >= 4 is 0 Å². The molecule has 0 aliphatic heterocycles. The van der Waals surface area contributed by atoms with Crippen LogP contribution in [0.2, 0.25) is 0 Å². The molecule has 0 saturated carbocycles. The summed E-state index contributed by atoms with van der Waals surface area (Å²) in [7, 11) is 0. The van der Waals surface area contributed by atoms with Crippen molar-refractivity contribution in [3.05, 3.63) is 65.7 Å². The predicted octanol–water partition coefficient (Wildman–Crippen LogP) is 3.43. The van der Waals surface area contributed by atoms with Gasteiger partial charge in [-0.25, -0.2) is 0 Å². The molecule has 0 spiro atoms. The van der Waals surface area contributed by atoms with Crippen molar-refractivity contribution < 1.29 is 9.84 Å². The molecule has 0 aliphatic carbocycles. The standard InChI is InChI=1S/C19H20O2/c20-15-6-10-18-11-13-19(14-12-18)21-16-5-4-9-17-7-2-1-3-8-17/h1-3,7-8,11-14,20H,4-5,9,15-16H2. The summed E-state index contributed by atoms with van der Waals surface area (Å²) in [5.41, 5.74) is 2.27. The van der Waals surface area contributed by atoms with Crippen LogP contribution in [-0.4, -0.2) is 18.3 Å². The van der Waals surface area contributed by atoms with E-state index in [1.807, 2.05) is 30.3 Å². The van der Waals surface area contributed by atoms with Crippen LogP contribution < -0.4 is 4.74 Å². The first kappa shape index (κ1) is 15.2. The maximum absolute atomic E-state index is 8.63. The van der Waals surface area contributed by atoms with Gasteiger partial charge in [-0.1, -0.05) is 42.2 Å². The van der Waals surface area contributed by atoms with Gasteiger partial charge < -0.3 is 9.84 Å². The molecule has 2 aromatic rings. The summed E-state index contributed by atoms with van der Waals surface area (Å²) in [5.74, 6) is 6.35. The van der Waals surface area contributed by atoms with Gasteiger partial charge >= 0.3 is 0 Å². The van der Waals surface area contributed by atoms with E-state index in [0.717, 1.165) is 37.2 Å². The van der Waals surface area contributed by atoms with E-state index < -0.39 is 0 Å². The molecule has 0 atom stereocenters. The van der Waals surface area contributed by atoms with Crippen molar-refractivity contribution in [1.29, 1.82) is 0 Å². The quantitative estimate of drug-likeness (QED) is 0.649. The molecule has 1 N–H and O–H groups in total. The molecule has 0 aliphatic rings. The van der Waals surface area contributed by atoms with Gasteiger partial charge in [0.2, 0.25) is 0 Å². The summed E-state index contributed by atoms with van der Waals surface area (Å²) in [4.78, 5) is 0. The molecule has 2 aromatic carbocycles. The van der Waals surface area contributed by atoms with E-state index in [1.54, 1.807) is 0 Å². The second kappa shape index (κ2) is 8.84. The van der Waals surface area contributed by atoms with Gasteiger partial charge in [-0.2, -0.15) is 0 Å². The zero-order valence-electron chi connectivity index (χ0n) is 12.1. The third-order valence-electron chi connectivity index (χ3n) is 3.14. The molecule has 0 heterocycles. The largest absolute Gasteiger partial charge is 0.494 e. The van der Waals surface area contributed by atoms with Gasteiger partial charge in [-0.05, 0) is 49.1 Å². The number of aliphatic hydroxyl groups is 1. The Bertz CT molecular complexity index is 576. The maximum Gasteiger partial charge on any atom is 0.119 e. The Morgan fingerprint density at radius 3 is 2.38 bits per heavy atom. The third kappa shape index (κ3) is 5.72. The van der Waals surface area contributed by atoms with Crippen LogP contribution in [-0.2, 0) is 6.42 Å². The van der Waals surface area contributed by atoms with Crippen LogP contribution in [0.3, 0.4) is 0 Å². The van der Waals surface area contributed by atoms with Crippen LogP contribution in [0, 0.1) is 11.8 Å². The molecule has 0 unspecified atom stereocenters. The molecule has 0 fully saturated rings.